The molecule has 1 atom stereocenters. The molecule has 4 nitrogen and oxygen atoms in total. The SMILES string of the molecule is Nc1cc(F)ccc1C(=O)N1CC[C@H](O)C1. The predicted octanol–water partition coefficient (Wildman–Crippen LogP) is 0.615. The van der Waals surface area contributed by atoms with Crippen LogP contribution >= 0.6 is 0 Å². The zero-order valence-corrected chi connectivity index (χ0v) is 8.69. The summed E-state index contributed by atoms with van der Waals surface area (Å²) in [6, 6.07) is 3.70. The molecule has 2 rings (SSSR count). The molecule has 0 bridgehead atoms. The molecule has 5 heteroatoms. The summed E-state index contributed by atoms with van der Waals surface area (Å²) < 4.78 is 12.8. The van der Waals surface area contributed by atoms with Crippen LogP contribution in [-0.2, 0) is 0 Å². The molecule has 1 aliphatic rings. The van der Waals surface area contributed by atoms with Gasteiger partial charge in [0.05, 0.1) is 11.7 Å². The van der Waals surface area contributed by atoms with Gasteiger partial charge < -0.3 is 15.7 Å². The molecule has 1 fully saturated rings. The zero-order chi connectivity index (χ0) is 11.7. The van der Waals surface area contributed by atoms with Crippen LogP contribution in [0.25, 0.3) is 0 Å². The number of β-amino-alcohol motifs (C(OH)–C–C–N with tert-alkyl or cyclic N) is 1. The second kappa shape index (κ2) is 4.09. The Kier molecular flexibility index (Phi) is 2.78. The van der Waals surface area contributed by atoms with E-state index in [9.17, 15) is 14.3 Å². The van der Waals surface area contributed by atoms with Crippen molar-refractivity contribution in [1.29, 1.82) is 0 Å². The quantitative estimate of drug-likeness (QED) is 0.687. The number of anilines is 1. The molecule has 0 aliphatic carbocycles. The number of aliphatic hydroxyl groups excluding tert-OH is 1. The first-order valence-corrected chi connectivity index (χ1v) is 5.10. The third-order valence-electron chi connectivity index (χ3n) is 2.69. The summed E-state index contributed by atoms with van der Waals surface area (Å²) in [6.07, 6.45) is 0.109. The first-order valence-electron chi connectivity index (χ1n) is 5.10. The van der Waals surface area contributed by atoms with Crippen molar-refractivity contribution in [1.82, 2.24) is 4.90 Å². The molecule has 3 N–H and O–H groups in total. The molecule has 0 radical (unpaired) electrons. The number of likely N-dealkylation sites (tertiary alicyclic amines) is 1. The van der Waals surface area contributed by atoms with Crippen molar-refractivity contribution in [3.05, 3.63) is 29.6 Å². The number of rotatable bonds is 1. The van der Waals surface area contributed by atoms with E-state index >= 15 is 0 Å². The van der Waals surface area contributed by atoms with E-state index in [4.69, 9.17) is 5.73 Å². The smallest absolute Gasteiger partial charge is 0.256 e. The lowest BCUT2D eigenvalue weighted by molar-refractivity contribution is 0.0766. The fourth-order valence-electron chi connectivity index (χ4n) is 1.82. The van der Waals surface area contributed by atoms with Crippen molar-refractivity contribution in [2.24, 2.45) is 0 Å². The molecule has 0 saturated carbocycles. The minimum absolute atomic E-state index is 0.131. The van der Waals surface area contributed by atoms with Crippen LogP contribution in [0.15, 0.2) is 18.2 Å². The third-order valence-corrected chi connectivity index (χ3v) is 2.69. The van der Waals surface area contributed by atoms with E-state index in [1.807, 2.05) is 0 Å². The van der Waals surface area contributed by atoms with Crippen LogP contribution in [0.3, 0.4) is 0 Å². The number of amides is 1. The molecule has 0 spiro atoms. The number of benzene rings is 1. The van der Waals surface area contributed by atoms with Crippen LogP contribution in [0.2, 0.25) is 0 Å². The molecule has 1 saturated heterocycles. The minimum atomic E-state index is -0.467. The molecule has 0 aromatic heterocycles. The Labute approximate surface area is 92.5 Å². The average molecular weight is 224 g/mol. The lowest BCUT2D eigenvalue weighted by atomic mass is 10.1. The van der Waals surface area contributed by atoms with Crippen molar-refractivity contribution in [3.63, 3.8) is 0 Å². The van der Waals surface area contributed by atoms with Gasteiger partial charge in [0, 0.05) is 18.8 Å². The van der Waals surface area contributed by atoms with Crippen LogP contribution in [0.5, 0.6) is 0 Å². The van der Waals surface area contributed by atoms with Gasteiger partial charge in [0.1, 0.15) is 5.82 Å². The van der Waals surface area contributed by atoms with Gasteiger partial charge in [-0.15, -0.1) is 0 Å². The monoisotopic (exact) mass is 224 g/mol. The molecular weight excluding hydrogens is 211 g/mol. The Morgan fingerprint density at radius 1 is 1.56 bits per heavy atom. The first kappa shape index (κ1) is 10.9. The molecule has 16 heavy (non-hydrogen) atoms. The van der Waals surface area contributed by atoms with Crippen molar-refractivity contribution in [3.8, 4) is 0 Å². The van der Waals surface area contributed by atoms with E-state index in [0.29, 0.717) is 19.5 Å². The van der Waals surface area contributed by atoms with Crippen molar-refractivity contribution < 1.29 is 14.3 Å². The largest absolute Gasteiger partial charge is 0.398 e. The van der Waals surface area contributed by atoms with Crippen LogP contribution in [0.4, 0.5) is 10.1 Å². The number of nitrogen functional groups attached to an aromatic ring is 1. The summed E-state index contributed by atoms with van der Waals surface area (Å²) in [5.74, 6) is -0.718. The van der Waals surface area contributed by atoms with Gasteiger partial charge in [-0.3, -0.25) is 4.79 Å². The van der Waals surface area contributed by atoms with Crippen LogP contribution in [0, 0.1) is 5.82 Å². The number of carbonyl (C=O) groups is 1. The summed E-state index contributed by atoms with van der Waals surface area (Å²) >= 11 is 0. The number of aliphatic hydroxyl groups is 1. The van der Waals surface area contributed by atoms with Gasteiger partial charge in [0.15, 0.2) is 0 Å². The van der Waals surface area contributed by atoms with Crippen molar-refractivity contribution >= 4 is 11.6 Å². The number of hydrogen-bond donors (Lipinski definition) is 2. The molecule has 1 amide bonds. The number of halogens is 1. The van der Waals surface area contributed by atoms with E-state index < -0.39 is 11.9 Å². The number of hydrogen-bond acceptors (Lipinski definition) is 3. The molecule has 1 aliphatic heterocycles. The molecule has 86 valence electrons. The molecular formula is C11H13FN2O2. The fourth-order valence-corrected chi connectivity index (χ4v) is 1.82. The summed E-state index contributed by atoms with van der Waals surface area (Å²) in [7, 11) is 0. The molecule has 0 unspecified atom stereocenters. The highest BCUT2D eigenvalue weighted by Crippen LogP contribution is 2.18. The highest BCUT2D eigenvalue weighted by molar-refractivity contribution is 5.99. The predicted molar refractivity (Wildman–Crippen MR) is 57.3 cm³/mol. The van der Waals surface area contributed by atoms with Gasteiger partial charge >= 0.3 is 0 Å². The topological polar surface area (TPSA) is 66.6 Å². The standard InChI is InChI=1S/C11H13FN2O2/c12-7-1-2-9(10(13)5-7)11(16)14-4-3-8(15)6-14/h1-2,5,8,15H,3-4,6,13H2/t8-/m0/s1. The van der Waals surface area contributed by atoms with Crippen LogP contribution in [-0.4, -0.2) is 35.1 Å². The fraction of sp³-hybridized carbons (Fsp3) is 0.364. The van der Waals surface area contributed by atoms with Crippen molar-refractivity contribution in [2.45, 2.75) is 12.5 Å². The van der Waals surface area contributed by atoms with Gasteiger partial charge in [-0.05, 0) is 24.6 Å². The summed E-state index contributed by atoms with van der Waals surface area (Å²) in [6.45, 7) is 0.826. The number of nitrogens with two attached hydrogens (primary N) is 1. The summed E-state index contributed by atoms with van der Waals surface area (Å²) in [5, 5.41) is 9.32. The number of carbonyl (C=O) groups excluding carboxylic acids is 1. The number of nitrogens with zero attached hydrogens (tertiary/aromatic N) is 1. The Balaban J connectivity index is 2.21. The van der Waals surface area contributed by atoms with Crippen LogP contribution < -0.4 is 5.73 Å². The highest BCUT2D eigenvalue weighted by atomic mass is 19.1. The summed E-state index contributed by atoms with van der Waals surface area (Å²) in [5.41, 5.74) is 5.99. The third kappa shape index (κ3) is 1.99. The second-order valence-corrected chi connectivity index (χ2v) is 3.93. The Hall–Kier alpha value is -1.62. The van der Waals surface area contributed by atoms with Gasteiger partial charge in [-0.25, -0.2) is 4.39 Å². The van der Waals surface area contributed by atoms with Gasteiger partial charge in [-0.1, -0.05) is 0 Å². The maximum absolute atomic E-state index is 12.8. The van der Waals surface area contributed by atoms with Gasteiger partial charge in [0.2, 0.25) is 0 Å². The van der Waals surface area contributed by atoms with E-state index in [-0.39, 0.29) is 17.2 Å². The second-order valence-electron chi connectivity index (χ2n) is 3.93. The molecule has 1 heterocycles. The lowest BCUT2D eigenvalue weighted by Gasteiger charge is -2.16. The maximum atomic E-state index is 12.8. The van der Waals surface area contributed by atoms with E-state index in [1.54, 1.807) is 0 Å². The van der Waals surface area contributed by atoms with Gasteiger partial charge in [0.25, 0.3) is 5.91 Å². The average Bonchev–Trinajstić information content (AvgIpc) is 2.64. The van der Waals surface area contributed by atoms with E-state index in [2.05, 4.69) is 0 Å². The maximum Gasteiger partial charge on any atom is 0.256 e. The molecule has 1 aromatic rings. The summed E-state index contributed by atoms with van der Waals surface area (Å²) in [4.78, 5) is 13.5. The Morgan fingerprint density at radius 3 is 2.88 bits per heavy atom. The van der Waals surface area contributed by atoms with Crippen molar-refractivity contribution in [2.75, 3.05) is 18.8 Å². The van der Waals surface area contributed by atoms with E-state index in [1.165, 1.54) is 17.0 Å². The van der Waals surface area contributed by atoms with Gasteiger partial charge in [-0.2, -0.15) is 0 Å². The lowest BCUT2D eigenvalue weighted by Crippen LogP contribution is -2.30. The minimum Gasteiger partial charge on any atom is -0.398 e. The molecule has 1 aromatic carbocycles. The first-order chi connectivity index (χ1) is 7.58. The Bertz CT molecular complexity index is 422. The van der Waals surface area contributed by atoms with Crippen LogP contribution in [0.1, 0.15) is 16.8 Å². The zero-order valence-electron chi connectivity index (χ0n) is 8.69. The highest BCUT2D eigenvalue weighted by Gasteiger charge is 2.26. The Morgan fingerprint density at radius 2 is 2.31 bits per heavy atom. The normalized spacial score (nSPS) is 20.1. The van der Waals surface area contributed by atoms with E-state index in [0.717, 1.165) is 6.07 Å².